The molecule has 4 heteroatoms. The molecule has 0 amide bonds. The molecule has 0 aliphatic rings. The molecule has 0 saturated carbocycles. The van der Waals surface area contributed by atoms with E-state index in [1.54, 1.807) is 12.1 Å². The van der Waals surface area contributed by atoms with Gasteiger partial charge in [0.15, 0.2) is 13.7 Å². The molecule has 0 saturated heterocycles. The fourth-order valence-electron chi connectivity index (χ4n) is 0.698. The first-order valence-corrected chi connectivity index (χ1v) is 4.14. The van der Waals surface area contributed by atoms with Crippen LogP contribution in [0.2, 0.25) is 0 Å². The molecule has 0 N–H and O–H groups in total. The lowest BCUT2D eigenvalue weighted by Gasteiger charge is -2.04. The van der Waals surface area contributed by atoms with E-state index >= 15 is 0 Å². The molecule has 0 spiro atoms. The van der Waals surface area contributed by atoms with Crippen molar-refractivity contribution in [2.75, 3.05) is 13.7 Å². The van der Waals surface area contributed by atoms with Crippen LogP contribution in [-0.2, 0) is 4.74 Å². The van der Waals surface area contributed by atoms with Gasteiger partial charge >= 0.3 is 0 Å². The third-order valence-corrected chi connectivity index (χ3v) is 1.68. The van der Waals surface area contributed by atoms with E-state index in [1.165, 1.54) is 0 Å². The third-order valence-electron chi connectivity index (χ3n) is 1.18. The van der Waals surface area contributed by atoms with Crippen molar-refractivity contribution in [3.63, 3.8) is 0 Å². The van der Waals surface area contributed by atoms with Crippen molar-refractivity contribution < 1.29 is 13.9 Å². The van der Waals surface area contributed by atoms with E-state index in [0.29, 0.717) is 5.75 Å². The van der Waals surface area contributed by atoms with Crippen LogP contribution >= 0.6 is 15.9 Å². The maximum atomic E-state index is 11.5. The maximum Gasteiger partial charge on any atom is 0.192 e. The van der Waals surface area contributed by atoms with Gasteiger partial charge < -0.3 is 9.47 Å². The Kier molecular flexibility index (Phi) is 4.04. The van der Waals surface area contributed by atoms with Gasteiger partial charge in [-0.2, -0.15) is 0 Å². The van der Waals surface area contributed by atoms with Gasteiger partial charge in [-0.3, -0.25) is 0 Å². The molecule has 0 aliphatic heterocycles. The normalized spacial score (nSPS) is 9.83. The first-order valence-electron chi connectivity index (χ1n) is 3.35. The van der Waals surface area contributed by atoms with Gasteiger partial charge in [0.25, 0.3) is 0 Å². The molecule has 0 aromatic heterocycles. The van der Waals surface area contributed by atoms with Crippen molar-refractivity contribution in [2.45, 2.75) is 0 Å². The highest BCUT2D eigenvalue weighted by molar-refractivity contribution is 9.10. The van der Waals surface area contributed by atoms with Crippen molar-refractivity contribution in [3.8, 4) is 5.75 Å². The van der Waals surface area contributed by atoms with Gasteiger partial charge in [-0.25, -0.2) is 4.39 Å². The van der Waals surface area contributed by atoms with E-state index in [0.717, 1.165) is 4.47 Å². The molecule has 0 bridgehead atoms. The summed E-state index contributed by atoms with van der Waals surface area (Å²) in [5.74, 6) is 0.651. The zero-order valence-corrected chi connectivity index (χ0v) is 7.88. The predicted octanol–water partition coefficient (Wildman–Crippen LogP) is 2.73. The molecule has 1 aromatic carbocycles. The van der Waals surface area contributed by atoms with Crippen molar-refractivity contribution in [3.05, 3.63) is 28.7 Å². The summed E-state index contributed by atoms with van der Waals surface area (Å²) >= 11 is 3.28. The van der Waals surface area contributed by atoms with E-state index in [1.807, 2.05) is 12.1 Å². The molecule has 0 unspecified atom stereocenters. The first-order chi connectivity index (χ1) is 5.83. The summed E-state index contributed by atoms with van der Waals surface area (Å²) in [5, 5.41) is 0. The molecule has 0 atom stereocenters. The van der Waals surface area contributed by atoms with Gasteiger partial charge in [-0.1, -0.05) is 22.0 Å². The Morgan fingerprint density at radius 2 is 2.25 bits per heavy atom. The van der Waals surface area contributed by atoms with Crippen LogP contribution in [0.25, 0.3) is 0 Å². The van der Waals surface area contributed by atoms with Crippen LogP contribution in [0.3, 0.4) is 0 Å². The lowest BCUT2D eigenvalue weighted by atomic mass is 10.3. The van der Waals surface area contributed by atoms with Gasteiger partial charge in [0.05, 0.1) is 0 Å². The second-order valence-corrected chi connectivity index (χ2v) is 2.95. The third kappa shape index (κ3) is 3.19. The highest BCUT2D eigenvalue weighted by Crippen LogP contribution is 2.17. The molecule has 0 fully saturated rings. The van der Waals surface area contributed by atoms with Crippen LogP contribution < -0.4 is 4.74 Å². The Balaban J connectivity index is 2.41. The van der Waals surface area contributed by atoms with Crippen molar-refractivity contribution in [1.29, 1.82) is 0 Å². The summed E-state index contributed by atoms with van der Waals surface area (Å²) in [6.07, 6.45) is 0. The molecular formula is C8H8BrFO2. The quantitative estimate of drug-likeness (QED) is 0.590. The van der Waals surface area contributed by atoms with Crippen molar-refractivity contribution in [1.82, 2.24) is 0 Å². The Labute approximate surface area is 78.4 Å². The van der Waals surface area contributed by atoms with E-state index in [2.05, 4.69) is 20.7 Å². The monoisotopic (exact) mass is 234 g/mol. The first kappa shape index (κ1) is 9.48. The van der Waals surface area contributed by atoms with Crippen LogP contribution in [0.4, 0.5) is 4.39 Å². The minimum Gasteiger partial charge on any atom is -0.467 e. The average molecular weight is 235 g/mol. The SMILES string of the molecule is FCOCOc1cccc(Br)c1. The molecule has 1 aromatic rings. The second-order valence-electron chi connectivity index (χ2n) is 2.03. The van der Waals surface area contributed by atoms with Crippen LogP contribution in [0.1, 0.15) is 0 Å². The summed E-state index contributed by atoms with van der Waals surface area (Å²) in [4.78, 5) is 0. The Morgan fingerprint density at radius 3 is 2.92 bits per heavy atom. The van der Waals surface area contributed by atoms with Gasteiger partial charge in [0.1, 0.15) is 5.75 Å². The minimum atomic E-state index is -0.825. The van der Waals surface area contributed by atoms with Crippen molar-refractivity contribution >= 4 is 15.9 Å². The van der Waals surface area contributed by atoms with Crippen LogP contribution in [0, 0.1) is 0 Å². The molecule has 12 heavy (non-hydrogen) atoms. The van der Waals surface area contributed by atoms with Gasteiger partial charge in [-0.15, -0.1) is 0 Å². The zero-order chi connectivity index (χ0) is 8.81. The Hall–Kier alpha value is -0.610. The highest BCUT2D eigenvalue weighted by atomic mass is 79.9. The lowest BCUT2D eigenvalue weighted by Crippen LogP contribution is -2.01. The Morgan fingerprint density at radius 1 is 1.42 bits per heavy atom. The van der Waals surface area contributed by atoms with E-state index in [9.17, 15) is 4.39 Å². The summed E-state index contributed by atoms with van der Waals surface area (Å²) in [6.45, 7) is -0.888. The average Bonchev–Trinajstić information content (AvgIpc) is 2.05. The fourth-order valence-corrected chi connectivity index (χ4v) is 1.08. The highest BCUT2D eigenvalue weighted by Gasteiger charge is 1.93. The van der Waals surface area contributed by atoms with Crippen LogP contribution in [0.5, 0.6) is 5.75 Å². The molecule has 0 aliphatic carbocycles. The van der Waals surface area contributed by atoms with E-state index < -0.39 is 6.86 Å². The fraction of sp³-hybridized carbons (Fsp3) is 0.250. The van der Waals surface area contributed by atoms with Crippen LogP contribution in [-0.4, -0.2) is 13.7 Å². The summed E-state index contributed by atoms with van der Waals surface area (Å²) < 4.78 is 21.8. The zero-order valence-electron chi connectivity index (χ0n) is 6.30. The topological polar surface area (TPSA) is 18.5 Å². The molecule has 0 heterocycles. The number of hydrogen-bond acceptors (Lipinski definition) is 2. The summed E-state index contributed by atoms with van der Waals surface area (Å²) in [7, 11) is 0. The predicted molar refractivity (Wildman–Crippen MR) is 46.7 cm³/mol. The second kappa shape index (κ2) is 5.11. The number of halogens is 2. The van der Waals surface area contributed by atoms with Gasteiger partial charge in [0, 0.05) is 4.47 Å². The largest absolute Gasteiger partial charge is 0.467 e. The number of benzene rings is 1. The number of hydrogen-bond donors (Lipinski definition) is 0. The Bertz CT molecular complexity index is 242. The molecule has 1 rings (SSSR count). The summed E-state index contributed by atoms with van der Waals surface area (Å²) in [6, 6.07) is 7.26. The smallest absolute Gasteiger partial charge is 0.192 e. The summed E-state index contributed by atoms with van der Waals surface area (Å²) in [5.41, 5.74) is 0. The maximum absolute atomic E-state index is 11.5. The van der Waals surface area contributed by atoms with Gasteiger partial charge in [-0.05, 0) is 18.2 Å². The molecule has 0 radical (unpaired) electrons. The number of alkyl halides is 1. The van der Waals surface area contributed by atoms with Gasteiger partial charge in [0.2, 0.25) is 0 Å². The van der Waals surface area contributed by atoms with Crippen LogP contribution in [0.15, 0.2) is 28.7 Å². The molecule has 2 nitrogen and oxygen atoms in total. The molecular weight excluding hydrogens is 227 g/mol. The molecule has 66 valence electrons. The van der Waals surface area contributed by atoms with E-state index in [4.69, 9.17) is 4.74 Å². The lowest BCUT2D eigenvalue weighted by molar-refractivity contribution is -0.0284. The number of ether oxygens (including phenoxy) is 2. The standard InChI is InChI=1S/C8H8BrFO2/c9-7-2-1-3-8(4-7)12-6-11-5-10/h1-4H,5-6H2. The number of rotatable bonds is 4. The minimum absolute atomic E-state index is 0.0625. The van der Waals surface area contributed by atoms with E-state index in [-0.39, 0.29) is 6.79 Å². The van der Waals surface area contributed by atoms with Crippen molar-refractivity contribution in [2.24, 2.45) is 0 Å².